The van der Waals surface area contributed by atoms with Crippen molar-refractivity contribution in [1.82, 2.24) is 29.7 Å². The Balaban J connectivity index is 1.52. The maximum Gasteiger partial charge on any atom is 0.315 e. The van der Waals surface area contributed by atoms with Crippen LogP contribution < -0.4 is 4.74 Å². The lowest BCUT2D eigenvalue weighted by molar-refractivity contribution is -0.156. The van der Waals surface area contributed by atoms with Gasteiger partial charge in [0, 0.05) is 50.2 Å². The second kappa shape index (κ2) is 12.4. The average Bonchev–Trinajstić information content (AvgIpc) is 3.56. The number of alkyl halides is 4. The number of halogens is 5. The molecule has 0 bridgehead atoms. The van der Waals surface area contributed by atoms with Gasteiger partial charge in [0.25, 0.3) is 12.3 Å². The molecule has 0 spiro atoms. The van der Waals surface area contributed by atoms with E-state index < -0.39 is 42.4 Å². The number of hydrogen-bond donors (Lipinski definition) is 0. The molecule has 0 radical (unpaired) electrons. The largest absolute Gasteiger partial charge is 0.487 e. The molecule has 2 saturated heterocycles. The second-order valence-corrected chi connectivity index (χ2v) is 11.1. The van der Waals surface area contributed by atoms with E-state index in [2.05, 4.69) is 10.3 Å². The van der Waals surface area contributed by atoms with Gasteiger partial charge in [0.1, 0.15) is 29.8 Å². The van der Waals surface area contributed by atoms with E-state index in [1.54, 1.807) is 17.0 Å². The molecule has 0 unspecified atom stereocenters. The van der Waals surface area contributed by atoms with Crippen LogP contribution in [0.4, 0.5) is 17.6 Å². The van der Waals surface area contributed by atoms with E-state index in [1.165, 1.54) is 11.9 Å². The van der Waals surface area contributed by atoms with Crippen molar-refractivity contribution in [2.24, 2.45) is 7.05 Å². The first-order valence-electron chi connectivity index (χ1n) is 13.9. The molecule has 4 heterocycles. The summed E-state index contributed by atoms with van der Waals surface area (Å²) in [4.78, 5) is 43.2. The third-order valence-corrected chi connectivity index (χ3v) is 8.55. The number of likely N-dealkylation sites (tertiary alicyclic amines) is 2. The number of hydrogen-bond acceptors (Lipinski definition) is 6. The number of carbonyl (C=O) groups excluding carboxylic acids is 3. The fraction of sp³-hybridized carbons (Fsp3) is 0.593. The number of aryl methyl sites for hydroxylation is 1. The first-order valence-corrected chi connectivity index (χ1v) is 14.2. The molecule has 2 aromatic rings. The second-order valence-electron chi connectivity index (χ2n) is 10.7. The molecule has 0 aliphatic carbocycles. The van der Waals surface area contributed by atoms with Gasteiger partial charge in [-0.1, -0.05) is 16.8 Å². The zero-order valence-electron chi connectivity index (χ0n) is 22.9. The standard InChI is InChI=1S/C27H31ClF4N6O4/c1-35-23(24(29)30)17(33-34-35)14-42-20-8-7-16(28)15-9-12-38(19(22(15)20)13-36-10-4-6-21(36)39)26(40)18-5-2-3-11-37(18)27(41)25(31)32/h7-8,18-19,24-25H,2-6,9-14H2,1H3/t18-,19+/m0/s1. The maximum atomic E-state index is 14.1. The predicted molar refractivity (Wildman–Crippen MR) is 141 cm³/mol. The van der Waals surface area contributed by atoms with Gasteiger partial charge in [-0.05, 0) is 49.8 Å². The molecule has 0 saturated carbocycles. The normalized spacial score (nSPS) is 21.0. The number of aromatic nitrogens is 3. The topological polar surface area (TPSA) is 101 Å². The van der Waals surface area contributed by atoms with Crippen molar-refractivity contribution in [3.8, 4) is 5.75 Å². The van der Waals surface area contributed by atoms with Crippen molar-refractivity contribution >= 4 is 29.3 Å². The lowest BCUT2D eigenvalue weighted by Crippen LogP contribution is -2.57. The summed E-state index contributed by atoms with van der Waals surface area (Å²) in [6, 6.07) is 1.33. The predicted octanol–water partition coefficient (Wildman–Crippen LogP) is 3.68. The van der Waals surface area contributed by atoms with Gasteiger partial charge in [-0.2, -0.15) is 8.78 Å². The van der Waals surface area contributed by atoms with Crippen molar-refractivity contribution in [2.75, 3.05) is 26.2 Å². The molecule has 0 N–H and O–H groups in total. The van der Waals surface area contributed by atoms with Gasteiger partial charge in [-0.3, -0.25) is 14.4 Å². The van der Waals surface area contributed by atoms with Crippen LogP contribution in [-0.4, -0.2) is 86.1 Å². The van der Waals surface area contributed by atoms with E-state index in [-0.39, 0.29) is 50.0 Å². The Hall–Kier alpha value is -3.42. The van der Waals surface area contributed by atoms with Crippen LogP contribution in [0.3, 0.4) is 0 Å². The number of amides is 3. The molecule has 10 nitrogen and oxygen atoms in total. The van der Waals surface area contributed by atoms with E-state index in [0.717, 1.165) is 9.58 Å². The Morgan fingerprint density at radius 3 is 2.55 bits per heavy atom. The highest BCUT2D eigenvalue weighted by molar-refractivity contribution is 6.31. The molecule has 15 heteroatoms. The van der Waals surface area contributed by atoms with Gasteiger partial charge in [0.05, 0.1) is 6.04 Å². The molecule has 3 aliphatic rings. The van der Waals surface area contributed by atoms with Crippen molar-refractivity contribution < 1.29 is 36.7 Å². The van der Waals surface area contributed by atoms with E-state index in [1.807, 2.05) is 0 Å². The molecule has 42 heavy (non-hydrogen) atoms. The van der Waals surface area contributed by atoms with E-state index in [4.69, 9.17) is 16.3 Å². The molecule has 3 aliphatic heterocycles. The summed E-state index contributed by atoms with van der Waals surface area (Å²) in [6.45, 7) is 0.445. The SMILES string of the molecule is Cn1nnc(COc2ccc(Cl)c3c2[C@@H](CN2CCCC2=O)N(C(=O)[C@@H]2CCCCN2C(=O)C(F)F)CC3)c1C(F)F. The molecule has 228 valence electrons. The highest BCUT2D eigenvalue weighted by atomic mass is 35.5. The van der Waals surface area contributed by atoms with Crippen LogP contribution >= 0.6 is 11.6 Å². The molecule has 1 aromatic carbocycles. The van der Waals surface area contributed by atoms with Crippen molar-refractivity contribution in [2.45, 2.75) is 70.1 Å². The average molecular weight is 615 g/mol. The minimum Gasteiger partial charge on any atom is -0.487 e. The summed E-state index contributed by atoms with van der Waals surface area (Å²) in [5.74, 6) is -1.71. The van der Waals surface area contributed by atoms with Crippen LogP contribution in [0.15, 0.2) is 12.1 Å². The van der Waals surface area contributed by atoms with Crippen molar-refractivity contribution in [3.05, 3.63) is 39.7 Å². The highest BCUT2D eigenvalue weighted by Gasteiger charge is 2.43. The fourth-order valence-electron chi connectivity index (χ4n) is 6.16. The van der Waals surface area contributed by atoms with Crippen LogP contribution in [0.25, 0.3) is 0 Å². The minimum atomic E-state index is -3.24. The van der Waals surface area contributed by atoms with E-state index in [0.29, 0.717) is 54.8 Å². The Morgan fingerprint density at radius 1 is 1.07 bits per heavy atom. The Labute approximate surface area is 244 Å². The summed E-state index contributed by atoms with van der Waals surface area (Å²) < 4.78 is 61.1. The molecular formula is C27H31ClF4N6O4. The van der Waals surface area contributed by atoms with Gasteiger partial charge in [0.2, 0.25) is 11.8 Å². The number of carbonyl (C=O) groups is 3. The molecule has 5 rings (SSSR count). The van der Waals surface area contributed by atoms with Crippen LogP contribution in [0, 0.1) is 0 Å². The quantitative estimate of drug-likeness (QED) is 0.421. The monoisotopic (exact) mass is 614 g/mol. The third-order valence-electron chi connectivity index (χ3n) is 8.19. The first kappa shape index (κ1) is 30.1. The maximum absolute atomic E-state index is 14.1. The summed E-state index contributed by atoms with van der Waals surface area (Å²) in [5, 5.41) is 7.87. The highest BCUT2D eigenvalue weighted by Crippen LogP contribution is 2.42. The Kier molecular flexibility index (Phi) is 8.90. The van der Waals surface area contributed by atoms with Crippen LogP contribution in [0.1, 0.15) is 67.1 Å². The molecule has 3 amide bonds. The summed E-state index contributed by atoms with van der Waals surface area (Å²) in [5.41, 5.74) is 0.726. The smallest absolute Gasteiger partial charge is 0.315 e. The van der Waals surface area contributed by atoms with E-state index in [9.17, 15) is 31.9 Å². The van der Waals surface area contributed by atoms with Gasteiger partial charge in [-0.15, -0.1) is 5.10 Å². The fourth-order valence-corrected chi connectivity index (χ4v) is 6.42. The Bertz CT molecular complexity index is 1360. The number of piperidine rings is 1. The zero-order valence-corrected chi connectivity index (χ0v) is 23.7. The Morgan fingerprint density at radius 2 is 1.86 bits per heavy atom. The van der Waals surface area contributed by atoms with Gasteiger partial charge in [0.15, 0.2) is 0 Å². The summed E-state index contributed by atoms with van der Waals surface area (Å²) >= 11 is 6.59. The summed E-state index contributed by atoms with van der Waals surface area (Å²) in [6.07, 6.45) is -3.44. The zero-order chi connectivity index (χ0) is 30.1. The van der Waals surface area contributed by atoms with Crippen molar-refractivity contribution in [1.29, 1.82) is 0 Å². The lowest BCUT2D eigenvalue weighted by Gasteiger charge is -2.44. The van der Waals surface area contributed by atoms with E-state index >= 15 is 0 Å². The van der Waals surface area contributed by atoms with Crippen LogP contribution in [0.2, 0.25) is 5.02 Å². The number of benzene rings is 1. The van der Waals surface area contributed by atoms with Gasteiger partial charge < -0.3 is 19.4 Å². The van der Waals surface area contributed by atoms with Crippen molar-refractivity contribution in [3.63, 3.8) is 0 Å². The molecule has 2 atom stereocenters. The number of ether oxygens (including phenoxy) is 1. The molecule has 1 aromatic heterocycles. The summed E-state index contributed by atoms with van der Waals surface area (Å²) in [7, 11) is 1.35. The van der Waals surface area contributed by atoms with Crippen LogP contribution in [-0.2, 0) is 34.5 Å². The van der Waals surface area contributed by atoms with Crippen LogP contribution in [0.5, 0.6) is 5.75 Å². The lowest BCUT2D eigenvalue weighted by atomic mass is 9.89. The van der Waals surface area contributed by atoms with Gasteiger partial charge >= 0.3 is 6.43 Å². The number of fused-ring (bicyclic) bond motifs is 1. The van der Waals surface area contributed by atoms with Gasteiger partial charge in [-0.25, -0.2) is 13.5 Å². The molecule has 2 fully saturated rings. The third kappa shape index (κ3) is 5.77. The minimum absolute atomic E-state index is 0.0457. The molecular weight excluding hydrogens is 584 g/mol. The number of rotatable bonds is 8. The number of nitrogens with zero attached hydrogens (tertiary/aromatic N) is 6. The first-order chi connectivity index (χ1) is 20.1.